The van der Waals surface area contributed by atoms with Gasteiger partial charge in [-0.05, 0) is 94.4 Å². The van der Waals surface area contributed by atoms with E-state index in [1.807, 2.05) is 6.92 Å². The number of esters is 2. The fraction of sp³-hybridized carbons (Fsp3) is 0.565. The third-order valence-electron chi connectivity index (χ3n) is 6.11. The Morgan fingerprint density at radius 3 is 2.07 bits per heavy atom. The fourth-order valence-electron chi connectivity index (χ4n) is 4.55. The van der Waals surface area contributed by atoms with Crippen LogP contribution in [0.5, 0.6) is 5.75 Å². The molecule has 1 aromatic rings. The Morgan fingerprint density at radius 1 is 0.929 bits per heavy atom. The van der Waals surface area contributed by atoms with Gasteiger partial charge in [-0.1, -0.05) is 6.08 Å². The highest BCUT2D eigenvalue weighted by molar-refractivity contribution is 5.81. The standard InChI is InChI=1S/C23H29FO4/c1-2-3-22(25)27-20-12-8-17(9-13-20)16-4-6-18(7-5-16)23(26)28-21-14-10-19(24)11-15-21/h2-3,10-11,14-18,20H,4-9,12-13H2,1H3. The molecule has 2 aliphatic rings. The molecule has 1 aromatic carbocycles. The number of benzene rings is 1. The van der Waals surface area contributed by atoms with Gasteiger partial charge >= 0.3 is 11.9 Å². The van der Waals surface area contributed by atoms with E-state index in [1.54, 1.807) is 6.08 Å². The van der Waals surface area contributed by atoms with Gasteiger partial charge in [-0.25, -0.2) is 9.18 Å². The molecule has 0 radical (unpaired) electrons. The van der Waals surface area contributed by atoms with Crippen LogP contribution in [0.1, 0.15) is 58.3 Å². The van der Waals surface area contributed by atoms with Gasteiger partial charge in [0.15, 0.2) is 0 Å². The molecule has 0 aliphatic heterocycles. The normalized spacial score (nSPS) is 28.1. The van der Waals surface area contributed by atoms with Gasteiger partial charge in [0.2, 0.25) is 0 Å². The van der Waals surface area contributed by atoms with Crippen molar-refractivity contribution in [3.8, 4) is 5.75 Å². The van der Waals surface area contributed by atoms with E-state index >= 15 is 0 Å². The molecule has 28 heavy (non-hydrogen) atoms. The average molecular weight is 388 g/mol. The Morgan fingerprint density at radius 2 is 1.50 bits per heavy atom. The van der Waals surface area contributed by atoms with E-state index in [2.05, 4.69) is 0 Å². The van der Waals surface area contributed by atoms with Gasteiger partial charge in [0, 0.05) is 6.08 Å². The Kier molecular flexibility index (Phi) is 7.24. The van der Waals surface area contributed by atoms with Crippen LogP contribution in [0.25, 0.3) is 0 Å². The highest BCUT2D eigenvalue weighted by Crippen LogP contribution is 2.40. The predicted octanol–water partition coefficient (Wildman–Crippen LogP) is 5.22. The zero-order chi connectivity index (χ0) is 19.9. The highest BCUT2D eigenvalue weighted by atomic mass is 19.1. The van der Waals surface area contributed by atoms with Gasteiger partial charge in [0.25, 0.3) is 0 Å². The lowest BCUT2D eigenvalue weighted by atomic mass is 9.70. The first-order chi connectivity index (χ1) is 13.5. The zero-order valence-electron chi connectivity index (χ0n) is 16.4. The van der Waals surface area contributed by atoms with Crippen LogP contribution in [0.4, 0.5) is 4.39 Å². The van der Waals surface area contributed by atoms with Crippen LogP contribution in [0.3, 0.4) is 0 Å². The van der Waals surface area contributed by atoms with E-state index in [9.17, 15) is 14.0 Å². The van der Waals surface area contributed by atoms with E-state index < -0.39 is 0 Å². The summed E-state index contributed by atoms with van der Waals surface area (Å²) in [5.41, 5.74) is 0. The SMILES string of the molecule is CC=CC(=O)OC1CCC(C2CCC(C(=O)Oc3ccc(F)cc3)CC2)CC1. The fourth-order valence-corrected chi connectivity index (χ4v) is 4.55. The quantitative estimate of drug-likeness (QED) is 0.394. The van der Waals surface area contributed by atoms with Crippen molar-refractivity contribution in [1.29, 1.82) is 0 Å². The maximum atomic E-state index is 13.0. The maximum Gasteiger partial charge on any atom is 0.330 e. The van der Waals surface area contributed by atoms with Crippen LogP contribution in [0.15, 0.2) is 36.4 Å². The molecule has 0 bridgehead atoms. The van der Waals surface area contributed by atoms with Crippen molar-refractivity contribution < 1.29 is 23.5 Å². The van der Waals surface area contributed by atoms with Crippen molar-refractivity contribution in [3.63, 3.8) is 0 Å². The van der Waals surface area contributed by atoms with Crippen molar-refractivity contribution in [2.45, 2.75) is 64.4 Å². The molecule has 152 valence electrons. The van der Waals surface area contributed by atoms with Crippen molar-refractivity contribution >= 4 is 11.9 Å². The summed E-state index contributed by atoms with van der Waals surface area (Å²) in [6, 6.07) is 5.57. The molecule has 0 atom stereocenters. The summed E-state index contributed by atoms with van der Waals surface area (Å²) in [6.45, 7) is 1.81. The lowest BCUT2D eigenvalue weighted by molar-refractivity contribution is -0.145. The Hall–Kier alpha value is -2.17. The van der Waals surface area contributed by atoms with Gasteiger partial charge < -0.3 is 9.47 Å². The Bertz CT molecular complexity index is 681. The molecule has 0 unspecified atom stereocenters. The van der Waals surface area contributed by atoms with Crippen LogP contribution in [0.2, 0.25) is 0 Å². The largest absolute Gasteiger partial charge is 0.459 e. The number of halogens is 1. The maximum absolute atomic E-state index is 13.0. The van der Waals surface area contributed by atoms with Crippen molar-refractivity contribution in [2.75, 3.05) is 0 Å². The summed E-state index contributed by atoms with van der Waals surface area (Å²) >= 11 is 0. The van der Waals surface area contributed by atoms with Crippen LogP contribution < -0.4 is 4.74 Å². The van der Waals surface area contributed by atoms with Gasteiger partial charge in [0.05, 0.1) is 5.92 Å². The molecule has 2 saturated carbocycles. The van der Waals surface area contributed by atoms with Gasteiger partial charge in [0.1, 0.15) is 17.7 Å². The number of ether oxygens (including phenoxy) is 2. The number of carbonyl (C=O) groups excluding carboxylic acids is 2. The summed E-state index contributed by atoms with van der Waals surface area (Å²) in [5, 5.41) is 0. The van der Waals surface area contributed by atoms with Crippen molar-refractivity contribution in [1.82, 2.24) is 0 Å². The van der Waals surface area contributed by atoms with E-state index in [4.69, 9.17) is 9.47 Å². The minimum absolute atomic E-state index is 0.0435. The molecule has 2 fully saturated rings. The molecule has 0 amide bonds. The van der Waals surface area contributed by atoms with Crippen molar-refractivity contribution in [3.05, 3.63) is 42.2 Å². The molecule has 2 aliphatic carbocycles. The Labute approximate surface area is 166 Å². The molecule has 4 nitrogen and oxygen atoms in total. The number of rotatable bonds is 5. The van der Waals surface area contributed by atoms with Crippen molar-refractivity contribution in [2.24, 2.45) is 17.8 Å². The first kappa shape index (κ1) is 20.6. The molecule has 0 heterocycles. The Balaban J connectivity index is 1.40. The summed E-state index contributed by atoms with van der Waals surface area (Å²) in [4.78, 5) is 23.9. The first-order valence-corrected chi connectivity index (χ1v) is 10.4. The summed E-state index contributed by atoms with van der Waals surface area (Å²) in [6.07, 6.45) is 11.0. The number of hydrogen-bond donors (Lipinski definition) is 0. The van der Waals surface area contributed by atoms with Crippen LogP contribution in [-0.2, 0) is 14.3 Å². The zero-order valence-corrected chi connectivity index (χ0v) is 16.4. The molecular formula is C23H29FO4. The highest BCUT2D eigenvalue weighted by Gasteiger charge is 2.34. The van der Waals surface area contributed by atoms with E-state index in [0.717, 1.165) is 51.4 Å². The van der Waals surface area contributed by atoms with E-state index in [0.29, 0.717) is 17.6 Å². The lowest BCUT2D eigenvalue weighted by Crippen LogP contribution is -2.31. The minimum atomic E-state index is -0.341. The number of allylic oxidation sites excluding steroid dienone is 1. The molecule has 0 N–H and O–H groups in total. The molecule has 5 heteroatoms. The second kappa shape index (κ2) is 9.85. The van der Waals surface area contributed by atoms with Gasteiger partial charge in [-0.2, -0.15) is 0 Å². The lowest BCUT2D eigenvalue weighted by Gasteiger charge is -2.37. The van der Waals surface area contributed by atoms with Gasteiger partial charge in [-0.3, -0.25) is 4.79 Å². The summed E-state index contributed by atoms with van der Waals surface area (Å²) in [7, 11) is 0. The second-order valence-electron chi connectivity index (χ2n) is 7.96. The third-order valence-corrected chi connectivity index (χ3v) is 6.11. The topological polar surface area (TPSA) is 52.6 Å². The third kappa shape index (κ3) is 5.66. The predicted molar refractivity (Wildman–Crippen MR) is 104 cm³/mol. The molecule has 3 rings (SSSR count). The summed E-state index contributed by atoms with van der Waals surface area (Å²) < 4.78 is 23.8. The molecule has 0 spiro atoms. The minimum Gasteiger partial charge on any atom is -0.459 e. The number of carbonyl (C=O) groups is 2. The van der Waals surface area contributed by atoms with Crippen LogP contribution in [-0.4, -0.2) is 18.0 Å². The molecule has 0 saturated heterocycles. The van der Waals surface area contributed by atoms with E-state index in [-0.39, 0.29) is 29.8 Å². The monoisotopic (exact) mass is 388 g/mol. The average Bonchev–Trinajstić information content (AvgIpc) is 2.70. The first-order valence-electron chi connectivity index (χ1n) is 10.4. The van der Waals surface area contributed by atoms with Gasteiger partial charge in [-0.15, -0.1) is 0 Å². The van der Waals surface area contributed by atoms with Crippen LogP contribution >= 0.6 is 0 Å². The van der Waals surface area contributed by atoms with E-state index in [1.165, 1.54) is 30.3 Å². The molecule has 0 aromatic heterocycles. The smallest absolute Gasteiger partial charge is 0.330 e. The second-order valence-corrected chi connectivity index (χ2v) is 7.96. The van der Waals surface area contributed by atoms with Crippen LogP contribution in [0, 0.1) is 23.6 Å². The number of hydrogen-bond acceptors (Lipinski definition) is 4. The summed E-state index contributed by atoms with van der Waals surface area (Å²) in [5.74, 6) is 0.842. The molecular weight excluding hydrogens is 359 g/mol.